The minimum absolute atomic E-state index is 0.107. The van der Waals surface area contributed by atoms with Crippen LogP contribution in [0.3, 0.4) is 0 Å². The zero-order valence-electron chi connectivity index (χ0n) is 9.45. The zero-order valence-corrected chi connectivity index (χ0v) is 9.45. The lowest BCUT2D eigenvalue weighted by Crippen LogP contribution is -2.24. The highest BCUT2D eigenvalue weighted by atomic mass is 16.7. The molecule has 0 bridgehead atoms. The summed E-state index contributed by atoms with van der Waals surface area (Å²) >= 11 is 0. The van der Waals surface area contributed by atoms with Crippen LogP contribution in [-0.2, 0) is 23.8 Å². The summed E-state index contributed by atoms with van der Waals surface area (Å²) in [6.07, 6.45) is 1.18. The van der Waals surface area contributed by atoms with Crippen LogP contribution >= 0.6 is 0 Å². The number of hydrogen-bond acceptors (Lipinski definition) is 5. The van der Waals surface area contributed by atoms with Crippen LogP contribution in [-0.4, -0.2) is 39.4 Å². The first kappa shape index (κ1) is 14.1. The van der Waals surface area contributed by atoms with Gasteiger partial charge in [0.2, 0.25) is 6.29 Å². The molecule has 0 amide bonds. The largest absolute Gasteiger partial charge is 0.469 e. The molecule has 0 spiro atoms. The summed E-state index contributed by atoms with van der Waals surface area (Å²) in [6, 6.07) is 0. The Bertz CT molecular complexity index is 198. The number of ketones is 1. The molecule has 0 radical (unpaired) electrons. The van der Waals surface area contributed by atoms with E-state index in [9.17, 15) is 9.59 Å². The van der Waals surface area contributed by atoms with Crippen molar-refractivity contribution in [3.05, 3.63) is 0 Å². The van der Waals surface area contributed by atoms with Crippen LogP contribution in [0.5, 0.6) is 0 Å². The van der Waals surface area contributed by atoms with Gasteiger partial charge in [-0.25, -0.2) is 0 Å². The van der Waals surface area contributed by atoms with Crippen molar-refractivity contribution >= 4 is 11.8 Å². The quantitative estimate of drug-likeness (QED) is 0.344. The Kier molecular flexibility index (Phi) is 7.85. The monoisotopic (exact) mass is 218 g/mol. The molecule has 0 aliphatic carbocycles. The van der Waals surface area contributed by atoms with Gasteiger partial charge in [0.25, 0.3) is 0 Å². The minimum atomic E-state index is -0.789. The number of hydrogen-bond donors (Lipinski definition) is 0. The summed E-state index contributed by atoms with van der Waals surface area (Å²) in [5, 5.41) is 0. The smallest absolute Gasteiger partial charge is 0.305 e. The van der Waals surface area contributed by atoms with Gasteiger partial charge in [-0.3, -0.25) is 9.59 Å². The predicted molar refractivity (Wildman–Crippen MR) is 53.3 cm³/mol. The predicted octanol–water partition coefficient (Wildman–Crippen LogP) is 0.908. The molecular weight excluding hydrogens is 200 g/mol. The second-order valence-corrected chi connectivity index (χ2v) is 3.05. The Hall–Kier alpha value is -0.940. The van der Waals surface area contributed by atoms with E-state index < -0.39 is 6.29 Å². The maximum Gasteiger partial charge on any atom is 0.305 e. The SMILES string of the molecule is COC(=O)CCCCC(=O)C(OC)OC. The Morgan fingerprint density at radius 1 is 1.00 bits per heavy atom. The number of methoxy groups -OCH3 is 3. The Balaban J connectivity index is 3.58. The minimum Gasteiger partial charge on any atom is -0.469 e. The number of rotatable bonds is 8. The summed E-state index contributed by atoms with van der Waals surface area (Å²) in [7, 11) is 4.18. The highest BCUT2D eigenvalue weighted by molar-refractivity contribution is 5.81. The van der Waals surface area contributed by atoms with Crippen LogP contribution < -0.4 is 0 Å². The second kappa shape index (κ2) is 8.38. The zero-order chi connectivity index (χ0) is 11.7. The molecule has 88 valence electrons. The molecule has 5 nitrogen and oxygen atoms in total. The number of esters is 1. The van der Waals surface area contributed by atoms with Crippen molar-refractivity contribution in [1.29, 1.82) is 0 Å². The molecule has 0 fully saturated rings. The van der Waals surface area contributed by atoms with Crippen molar-refractivity contribution in [2.24, 2.45) is 0 Å². The molecule has 0 heterocycles. The van der Waals surface area contributed by atoms with Gasteiger partial charge in [0.1, 0.15) is 0 Å². The van der Waals surface area contributed by atoms with E-state index >= 15 is 0 Å². The lowest BCUT2D eigenvalue weighted by atomic mass is 10.1. The highest BCUT2D eigenvalue weighted by Crippen LogP contribution is 2.05. The molecule has 0 aliphatic rings. The molecule has 15 heavy (non-hydrogen) atoms. The van der Waals surface area contributed by atoms with Gasteiger partial charge in [0, 0.05) is 27.1 Å². The van der Waals surface area contributed by atoms with Crippen molar-refractivity contribution in [3.63, 3.8) is 0 Å². The molecule has 5 heteroatoms. The van der Waals surface area contributed by atoms with Gasteiger partial charge in [0.15, 0.2) is 5.78 Å². The fraction of sp³-hybridized carbons (Fsp3) is 0.800. The van der Waals surface area contributed by atoms with Crippen molar-refractivity contribution in [1.82, 2.24) is 0 Å². The molecule has 0 aromatic rings. The molecule has 0 N–H and O–H groups in total. The van der Waals surface area contributed by atoms with Gasteiger partial charge < -0.3 is 14.2 Å². The molecule has 0 unspecified atom stereocenters. The summed E-state index contributed by atoms with van der Waals surface area (Å²) < 4.78 is 14.1. The van der Waals surface area contributed by atoms with E-state index in [-0.39, 0.29) is 11.8 Å². The fourth-order valence-corrected chi connectivity index (χ4v) is 1.15. The Morgan fingerprint density at radius 2 is 1.53 bits per heavy atom. The van der Waals surface area contributed by atoms with Gasteiger partial charge >= 0.3 is 5.97 Å². The van der Waals surface area contributed by atoms with E-state index in [4.69, 9.17) is 9.47 Å². The fourth-order valence-electron chi connectivity index (χ4n) is 1.15. The van der Waals surface area contributed by atoms with E-state index in [1.807, 2.05) is 0 Å². The summed E-state index contributed by atoms with van der Waals surface area (Å²) in [6.45, 7) is 0. The first-order valence-electron chi connectivity index (χ1n) is 4.80. The van der Waals surface area contributed by atoms with Gasteiger partial charge in [-0.15, -0.1) is 0 Å². The molecule has 0 rings (SSSR count). The van der Waals surface area contributed by atoms with Crippen molar-refractivity contribution in [2.45, 2.75) is 32.0 Å². The summed E-state index contributed by atoms with van der Waals surface area (Å²) in [4.78, 5) is 22.1. The maximum absolute atomic E-state index is 11.4. The number of unbranched alkanes of at least 4 members (excludes halogenated alkanes) is 1. The molecular formula is C10H18O5. The third-order valence-electron chi connectivity index (χ3n) is 1.97. The van der Waals surface area contributed by atoms with Gasteiger partial charge in [-0.1, -0.05) is 0 Å². The summed E-state index contributed by atoms with van der Waals surface area (Å²) in [5.74, 6) is -0.359. The van der Waals surface area contributed by atoms with Gasteiger partial charge in [0.05, 0.1) is 7.11 Å². The number of ether oxygens (including phenoxy) is 3. The van der Waals surface area contributed by atoms with Crippen LogP contribution in [0.4, 0.5) is 0 Å². The number of Topliss-reactive ketones (excluding diaryl/α,β-unsaturated/α-hetero) is 1. The molecule has 0 aromatic heterocycles. The van der Waals surface area contributed by atoms with Crippen LogP contribution in [0.1, 0.15) is 25.7 Å². The van der Waals surface area contributed by atoms with Gasteiger partial charge in [-0.2, -0.15) is 0 Å². The van der Waals surface area contributed by atoms with Crippen LogP contribution in [0, 0.1) is 0 Å². The van der Waals surface area contributed by atoms with Crippen molar-refractivity contribution < 1.29 is 23.8 Å². The lowest BCUT2D eigenvalue weighted by molar-refractivity contribution is -0.156. The lowest BCUT2D eigenvalue weighted by Gasteiger charge is -2.11. The van der Waals surface area contributed by atoms with Crippen molar-refractivity contribution in [3.8, 4) is 0 Å². The molecule has 0 saturated heterocycles. The normalized spacial score (nSPS) is 10.4. The average Bonchev–Trinajstić information content (AvgIpc) is 2.25. The van der Waals surface area contributed by atoms with E-state index in [0.717, 1.165) is 0 Å². The first-order chi connectivity index (χ1) is 7.15. The second-order valence-electron chi connectivity index (χ2n) is 3.05. The highest BCUT2D eigenvalue weighted by Gasteiger charge is 2.15. The molecule has 0 aliphatic heterocycles. The van der Waals surface area contributed by atoms with Gasteiger partial charge in [-0.05, 0) is 12.8 Å². The van der Waals surface area contributed by atoms with E-state index in [0.29, 0.717) is 25.7 Å². The van der Waals surface area contributed by atoms with Crippen molar-refractivity contribution in [2.75, 3.05) is 21.3 Å². The third-order valence-corrected chi connectivity index (χ3v) is 1.97. The van der Waals surface area contributed by atoms with Crippen LogP contribution in [0.25, 0.3) is 0 Å². The standard InChI is InChI=1S/C10H18O5/c1-13-9(12)7-5-4-6-8(11)10(14-2)15-3/h10H,4-7H2,1-3H3. The Morgan fingerprint density at radius 3 is 2.00 bits per heavy atom. The van der Waals surface area contributed by atoms with Crippen LogP contribution in [0.2, 0.25) is 0 Å². The van der Waals surface area contributed by atoms with E-state index in [1.165, 1.54) is 21.3 Å². The maximum atomic E-state index is 11.4. The van der Waals surface area contributed by atoms with Crippen LogP contribution in [0.15, 0.2) is 0 Å². The first-order valence-corrected chi connectivity index (χ1v) is 4.80. The topological polar surface area (TPSA) is 61.8 Å². The third kappa shape index (κ3) is 6.19. The molecule has 0 atom stereocenters. The average molecular weight is 218 g/mol. The molecule has 0 saturated carbocycles. The summed E-state index contributed by atoms with van der Waals surface area (Å²) in [5.41, 5.74) is 0. The Labute approximate surface area is 89.7 Å². The van der Waals surface area contributed by atoms with E-state index in [2.05, 4.69) is 4.74 Å². The number of carbonyl (C=O) groups is 2. The molecule has 0 aromatic carbocycles. The number of carbonyl (C=O) groups excluding carboxylic acids is 2. The van der Waals surface area contributed by atoms with E-state index in [1.54, 1.807) is 0 Å².